The Morgan fingerprint density at radius 3 is 2.43 bits per heavy atom. The lowest BCUT2D eigenvalue weighted by atomic mass is 9.91. The maximum atomic E-state index is 12.7. The Bertz CT molecular complexity index is 683. The second kappa shape index (κ2) is 10.2. The van der Waals surface area contributed by atoms with Crippen LogP contribution in [0.25, 0.3) is 0 Å². The molecule has 0 aromatic heterocycles. The number of anilines is 1. The van der Waals surface area contributed by atoms with Crippen molar-refractivity contribution >= 4 is 29.9 Å². The lowest BCUT2D eigenvalue weighted by molar-refractivity contribution is -0.119. The molecule has 2 saturated heterocycles. The summed E-state index contributed by atoms with van der Waals surface area (Å²) in [7, 11) is 0. The second-order valence-electron chi connectivity index (χ2n) is 7.97. The topological polar surface area (TPSA) is 84.7 Å². The van der Waals surface area contributed by atoms with Gasteiger partial charge >= 0.3 is 0 Å². The highest BCUT2D eigenvalue weighted by molar-refractivity contribution is 5.98. The number of nitrogens with zero attached hydrogens (tertiary/aromatic N) is 1. The molecule has 0 radical (unpaired) electrons. The number of benzene rings is 1. The van der Waals surface area contributed by atoms with Crippen LogP contribution in [0.1, 0.15) is 48.5 Å². The van der Waals surface area contributed by atoms with Gasteiger partial charge in [0, 0.05) is 37.6 Å². The number of ether oxygens (including phenoxy) is 1. The quantitative estimate of drug-likeness (QED) is 0.800. The average molecular weight is 410 g/mol. The van der Waals surface area contributed by atoms with Crippen LogP contribution in [0, 0.1) is 18.8 Å². The van der Waals surface area contributed by atoms with E-state index in [1.54, 1.807) is 6.07 Å². The molecule has 28 heavy (non-hydrogen) atoms. The molecular formula is C21H32ClN3O3. The Morgan fingerprint density at radius 1 is 1.18 bits per heavy atom. The van der Waals surface area contributed by atoms with Crippen molar-refractivity contribution in [3.63, 3.8) is 0 Å². The van der Waals surface area contributed by atoms with Gasteiger partial charge in [0.15, 0.2) is 0 Å². The fraction of sp³-hybridized carbons (Fsp3) is 0.619. The van der Waals surface area contributed by atoms with Gasteiger partial charge in [-0.15, -0.1) is 12.4 Å². The molecule has 0 aliphatic carbocycles. The fourth-order valence-corrected chi connectivity index (χ4v) is 3.84. The SMILES string of the molecule is Cc1cc(C(=O)N2CCC(C)CC2)ccc1NC(=O)C(N)C1CCOCC1.Cl. The minimum atomic E-state index is -0.537. The largest absolute Gasteiger partial charge is 0.381 e. The van der Waals surface area contributed by atoms with E-state index in [1.165, 1.54) is 0 Å². The van der Waals surface area contributed by atoms with Crippen molar-refractivity contribution in [2.45, 2.75) is 45.6 Å². The third-order valence-electron chi connectivity index (χ3n) is 5.88. The summed E-state index contributed by atoms with van der Waals surface area (Å²) >= 11 is 0. The van der Waals surface area contributed by atoms with Gasteiger partial charge in [-0.25, -0.2) is 0 Å². The Balaban J connectivity index is 0.00000280. The predicted molar refractivity (Wildman–Crippen MR) is 113 cm³/mol. The average Bonchev–Trinajstić information content (AvgIpc) is 2.69. The lowest BCUT2D eigenvalue weighted by Crippen LogP contribution is -2.44. The van der Waals surface area contributed by atoms with Crippen LogP contribution < -0.4 is 11.1 Å². The molecule has 2 aliphatic rings. The van der Waals surface area contributed by atoms with Gasteiger partial charge in [-0.05, 0) is 68.2 Å². The summed E-state index contributed by atoms with van der Waals surface area (Å²) in [4.78, 5) is 27.1. The molecule has 6 nitrogen and oxygen atoms in total. The third-order valence-corrected chi connectivity index (χ3v) is 5.88. The lowest BCUT2D eigenvalue weighted by Gasteiger charge is -2.30. The Labute approximate surface area is 173 Å². The van der Waals surface area contributed by atoms with Crippen LogP contribution in [0.5, 0.6) is 0 Å². The Hall–Kier alpha value is -1.63. The summed E-state index contributed by atoms with van der Waals surface area (Å²) in [6.07, 6.45) is 3.75. The van der Waals surface area contributed by atoms with Crippen molar-refractivity contribution in [3.05, 3.63) is 29.3 Å². The first-order valence-corrected chi connectivity index (χ1v) is 10.00. The van der Waals surface area contributed by atoms with E-state index in [2.05, 4.69) is 12.2 Å². The van der Waals surface area contributed by atoms with E-state index in [0.717, 1.165) is 44.3 Å². The normalized spacial score (nSPS) is 19.6. The van der Waals surface area contributed by atoms with Gasteiger partial charge < -0.3 is 20.7 Å². The zero-order chi connectivity index (χ0) is 19.4. The zero-order valence-corrected chi connectivity index (χ0v) is 17.6. The fourth-order valence-electron chi connectivity index (χ4n) is 3.84. The van der Waals surface area contributed by atoms with Crippen LogP contribution in [-0.2, 0) is 9.53 Å². The molecule has 1 aromatic rings. The summed E-state index contributed by atoms with van der Waals surface area (Å²) in [5.41, 5.74) is 8.41. The molecular weight excluding hydrogens is 378 g/mol. The molecule has 0 spiro atoms. The summed E-state index contributed by atoms with van der Waals surface area (Å²) in [5, 5.41) is 2.93. The minimum absolute atomic E-state index is 0. The van der Waals surface area contributed by atoms with E-state index in [9.17, 15) is 9.59 Å². The molecule has 7 heteroatoms. The molecule has 2 amide bonds. The van der Waals surface area contributed by atoms with E-state index in [0.29, 0.717) is 30.4 Å². The molecule has 3 N–H and O–H groups in total. The number of carbonyl (C=O) groups excluding carboxylic acids is 2. The van der Waals surface area contributed by atoms with Crippen LogP contribution >= 0.6 is 12.4 Å². The van der Waals surface area contributed by atoms with Crippen LogP contribution in [0.15, 0.2) is 18.2 Å². The molecule has 0 bridgehead atoms. The van der Waals surface area contributed by atoms with Crippen molar-refractivity contribution in [2.24, 2.45) is 17.6 Å². The predicted octanol–water partition coefficient (Wildman–Crippen LogP) is 2.98. The molecule has 3 rings (SSSR count). The standard InChI is InChI=1S/C21H31N3O3.ClH/c1-14-5-9-24(10-6-14)21(26)17-3-4-18(15(2)13-17)23-20(25)19(22)16-7-11-27-12-8-16;/h3-4,13-14,16,19H,5-12,22H2,1-2H3,(H,23,25);1H. The van der Waals surface area contributed by atoms with Crippen molar-refractivity contribution in [3.8, 4) is 0 Å². The van der Waals surface area contributed by atoms with Crippen LogP contribution in [0.2, 0.25) is 0 Å². The second-order valence-corrected chi connectivity index (χ2v) is 7.97. The Morgan fingerprint density at radius 2 is 1.82 bits per heavy atom. The highest BCUT2D eigenvalue weighted by Gasteiger charge is 2.27. The first-order valence-electron chi connectivity index (χ1n) is 10.00. The molecule has 2 fully saturated rings. The molecule has 1 unspecified atom stereocenters. The highest BCUT2D eigenvalue weighted by Crippen LogP contribution is 2.23. The highest BCUT2D eigenvalue weighted by atomic mass is 35.5. The maximum Gasteiger partial charge on any atom is 0.253 e. The van der Waals surface area contributed by atoms with E-state index in [4.69, 9.17) is 10.5 Å². The number of nitrogens with one attached hydrogen (secondary N) is 1. The van der Waals surface area contributed by atoms with E-state index in [1.807, 2.05) is 24.0 Å². The molecule has 1 atom stereocenters. The summed E-state index contributed by atoms with van der Waals surface area (Å²) in [6.45, 7) is 7.10. The number of rotatable bonds is 4. The van der Waals surface area contributed by atoms with Crippen LogP contribution in [-0.4, -0.2) is 49.1 Å². The smallest absolute Gasteiger partial charge is 0.253 e. The first-order chi connectivity index (χ1) is 13.0. The van der Waals surface area contributed by atoms with Crippen molar-refractivity contribution < 1.29 is 14.3 Å². The molecule has 1 aromatic carbocycles. The van der Waals surface area contributed by atoms with Gasteiger partial charge in [0.1, 0.15) is 0 Å². The van der Waals surface area contributed by atoms with E-state index >= 15 is 0 Å². The van der Waals surface area contributed by atoms with Gasteiger partial charge in [0.05, 0.1) is 6.04 Å². The molecule has 2 heterocycles. The van der Waals surface area contributed by atoms with E-state index in [-0.39, 0.29) is 30.1 Å². The van der Waals surface area contributed by atoms with Crippen molar-refractivity contribution in [1.82, 2.24) is 4.90 Å². The number of likely N-dealkylation sites (tertiary alicyclic amines) is 1. The van der Waals surface area contributed by atoms with Crippen molar-refractivity contribution in [1.29, 1.82) is 0 Å². The number of amides is 2. The summed E-state index contributed by atoms with van der Waals surface area (Å²) < 4.78 is 5.34. The van der Waals surface area contributed by atoms with Gasteiger partial charge in [0.25, 0.3) is 5.91 Å². The number of aryl methyl sites for hydroxylation is 1. The van der Waals surface area contributed by atoms with Gasteiger partial charge in [-0.1, -0.05) is 6.92 Å². The zero-order valence-electron chi connectivity index (χ0n) is 16.8. The summed E-state index contributed by atoms with van der Waals surface area (Å²) in [5.74, 6) is 0.741. The van der Waals surface area contributed by atoms with Gasteiger partial charge in [0.2, 0.25) is 5.91 Å². The molecule has 0 saturated carbocycles. The van der Waals surface area contributed by atoms with Crippen LogP contribution in [0.4, 0.5) is 5.69 Å². The number of carbonyl (C=O) groups is 2. The first kappa shape index (κ1) is 22.7. The number of halogens is 1. The third kappa shape index (κ3) is 5.46. The monoisotopic (exact) mass is 409 g/mol. The minimum Gasteiger partial charge on any atom is -0.381 e. The molecule has 2 aliphatic heterocycles. The number of hydrogen-bond donors (Lipinski definition) is 2. The van der Waals surface area contributed by atoms with Gasteiger partial charge in [-0.3, -0.25) is 9.59 Å². The Kier molecular flexibility index (Phi) is 8.28. The van der Waals surface area contributed by atoms with Crippen LogP contribution in [0.3, 0.4) is 0 Å². The van der Waals surface area contributed by atoms with Gasteiger partial charge in [-0.2, -0.15) is 0 Å². The van der Waals surface area contributed by atoms with Crippen molar-refractivity contribution in [2.75, 3.05) is 31.6 Å². The molecule has 156 valence electrons. The number of piperidine rings is 1. The maximum absolute atomic E-state index is 12.7. The number of hydrogen-bond acceptors (Lipinski definition) is 4. The van der Waals surface area contributed by atoms with E-state index < -0.39 is 6.04 Å². The summed E-state index contributed by atoms with van der Waals surface area (Å²) in [6, 6.07) is 4.92. The number of nitrogens with two attached hydrogens (primary N) is 1.